The molecule has 2 aliphatic rings. The third kappa shape index (κ3) is 4.89. The number of hydrogen-bond donors (Lipinski definition) is 1. The van der Waals surface area contributed by atoms with E-state index in [2.05, 4.69) is 5.32 Å². The number of alkyl halides is 2. The quantitative estimate of drug-likeness (QED) is 0.466. The maximum Gasteiger partial charge on any atom is 0.278 e. The van der Waals surface area contributed by atoms with Crippen LogP contribution in [0.4, 0.5) is 17.6 Å². The van der Waals surface area contributed by atoms with Gasteiger partial charge in [-0.15, -0.1) is 0 Å². The minimum atomic E-state index is -3.21. The molecule has 2 amide bonds. The van der Waals surface area contributed by atoms with Gasteiger partial charge in [0.2, 0.25) is 5.43 Å². The van der Waals surface area contributed by atoms with E-state index in [0.717, 1.165) is 23.2 Å². The number of carbonyl (C=O) groups is 2. The Kier molecular flexibility index (Phi) is 7.03. The number of aromatic nitrogens is 1. The summed E-state index contributed by atoms with van der Waals surface area (Å²) in [4.78, 5) is 41.4. The van der Waals surface area contributed by atoms with E-state index in [9.17, 15) is 31.9 Å². The van der Waals surface area contributed by atoms with Crippen molar-refractivity contribution in [3.8, 4) is 5.75 Å². The van der Waals surface area contributed by atoms with Crippen LogP contribution in [0.3, 0.4) is 0 Å². The Hall–Kier alpha value is -4.35. The predicted octanol–water partition coefficient (Wildman–Crippen LogP) is 3.80. The molecule has 5 rings (SSSR count). The Balaban J connectivity index is 1.58. The highest BCUT2D eigenvalue weighted by molar-refractivity contribution is 5.99. The van der Waals surface area contributed by atoms with Crippen molar-refractivity contribution in [2.75, 3.05) is 11.7 Å². The number of carbonyl (C=O) groups excluding carboxylic acids is 2. The van der Waals surface area contributed by atoms with Crippen LogP contribution in [0.5, 0.6) is 5.75 Å². The highest BCUT2D eigenvalue weighted by Crippen LogP contribution is 2.37. The fourth-order valence-corrected chi connectivity index (χ4v) is 4.91. The maximum atomic E-state index is 15.0. The third-order valence-corrected chi connectivity index (χ3v) is 7.26. The van der Waals surface area contributed by atoms with Gasteiger partial charge in [0, 0.05) is 30.8 Å². The van der Waals surface area contributed by atoms with Crippen LogP contribution in [0.1, 0.15) is 52.2 Å². The first-order valence-electron chi connectivity index (χ1n) is 12.6. The van der Waals surface area contributed by atoms with Crippen molar-refractivity contribution in [1.29, 1.82) is 0 Å². The highest BCUT2D eigenvalue weighted by atomic mass is 19.3. The van der Waals surface area contributed by atoms with E-state index >= 15 is 0 Å². The van der Waals surface area contributed by atoms with E-state index in [4.69, 9.17) is 4.74 Å². The van der Waals surface area contributed by atoms with Crippen LogP contribution in [-0.4, -0.2) is 46.1 Å². The lowest BCUT2D eigenvalue weighted by Crippen LogP contribution is -2.58. The van der Waals surface area contributed by atoms with E-state index in [0.29, 0.717) is 11.6 Å². The number of rotatable bonds is 6. The molecule has 1 N–H and O–H groups in total. The first-order valence-corrected chi connectivity index (χ1v) is 12.6. The monoisotopic (exact) mass is 558 g/mol. The lowest BCUT2D eigenvalue weighted by atomic mass is 10.0. The fraction of sp³-hybridized carbons (Fsp3) is 0.321. The van der Waals surface area contributed by atoms with Gasteiger partial charge in [-0.05, 0) is 25.5 Å². The average molecular weight is 559 g/mol. The van der Waals surface area contributed by atoms with Crippen molar-refractivity contribution < 1.29 is 31.9 Å². The molecule has 1 fully saturated rings. The summed E-state index contributed by atoms with van der Waals surface area (Å²) in [5.74, 6) is -7.09. The van der Waals surface area contributed by atoms with Gasteiger partial charge in [-0.2, -0.15) is 0 Å². The number of nitrogens with zero attached hydrogens (tertiary/aromatic N) is 3. The number of amides is 2. The van der Waals surface area contributed by atoms with Gasteiger partial charge in [-0.1, -0.05) is 36.4 Å². The molecule has 2 bridgehead atoms. The second kappa shape index (κ2) is 10.3. The zero-order valence-corrected chi connectivity index (χ0v) is 21.7. The Morgan fingerprint density at radius 1 is 1.10 bits per heavy atom. The molecule has 2 aromatic carbocycles. The number of ether oxygens (including phenoxy) is 1. The summed E-state index contributed by atoms with van der Waals surface area (Å²) in [6, 6.07) is 9.37. The van der Waals surface area contributed by atoms with E-state index < -0.39 is 64.6 Å². The first-order chi connectivity index (χ1) is 19.0. The summed E-state index contributed by atoms with van der Waals surface area (Å²) in [6.07, 6.45) is 0.540. The van der Waals surface area contributed by atoms with E-state index in [1.165, 1.54) is 16.6 Å². The number of benzene rings is 2. The Morgan fingerprint density at radius 2 is 1.82 bits per heavy atom. The number of halogens is 4. The molecule has 0 aliphatic carbocycles. The maximum absolute atomic E-state index is 15.0. The molecule has 0 unspecified atom stereocenters. The third-order valence-electron chi connectivity index (χ3n) is 7.26. The minimum absolute atomic E-state index is 0.0171. The second-order valence-corrected chi connectivity index (χ2v) is 9.93. The number of fused-ring (bicyclic) bond motifs is 4. The van der Waals surface area contributed by atoms with Crippen molar-refractivity contribution >= 4 is 11.8 Å². The summed E-state index contributed by atoms with van der Waals surface area (Å²) >= 11 is 0. The van der Waals surface area contributed by atoms with Gasteiger partial charge in [-0.25, -0.2) is 17.6 Å². The molecule has 3 heterocycles. The molecule has 40 heavy (non-hydrogen) atoms. The molecule has 0 radical (unpaired) electrons. The van der Waals surface area contributed by atoms with E-state index in [-0.39, 0.29) is 31.1 Å². The zero-order valence-electron chi connectivity index (χ0n) is 21.7. The molecule has 1 saturated heterocycles. The Labute approximate surface area is 226 Å². The summed E-state index contributed by atoms with van der Waals surface area (Å²) < 4.78 is 64.4. The summed E-state index contributed by atoms with van der Waals surface area (Å²) in [5, 5.41) is 3.90. The Morgan fingerprint density at radius 3 is 2.52 bits per heavy atom. The van der Waals surface area contributed by atoms with Crippen LogP contribution in [0.2, 0.25) is 0 Å². The predicted molar refractivity (Wildman–Crippen MR) is 137 cm³/mol. The van der Waals surface area contributed by atoms with E-state index in [1.807, 2.05) is 0 Å². The molecule has 3 aromatic rings. The van der Waals surface area contributed by atoms with Crippen LogP contribution in [-0.2, 0) is 13.2 Å². The standard InChI is InChI=1S/C28H26F4N4O4/c1-16-11-28(31,32)17(2)34-15-36(16)35-13-21(26(38)33-12-19-8-9-20(29)10-22(19)30)24(37)25(23(35)27(34)39)40-14-18-6-4-3-5-7-18/h3-10,13,16-17H,11-12,14-15H2,1-2H3,(H,33,38)/t16-,17+/m1/s1. The fourth-order valence-electron chi connectivity index (χ4n) is 4.91. The molecule has 8 nitrogen and oxygen atoms in total. The molecule has 12 heteroatoms. The lowest BCUT2D eigenvalue weighted by Gasteiger charge is -2.42. The summed E-state index contributed by atoms with van der Waals surface area (Å²) in [5.41, 5.74) is -0.995. The Bertz CT molecular complexity index is 1530. The molecular formula is C28H26F4N4O4. The average Bonchev–Trinajstić information content (AvgIpc) is 2.99. The number of hydrogen-bond acceptors (Lipinski definition) is 5. The van der Waals surface area contributed by atoms with Crippen LogP contribution in [0, 0.1) is 11.6 Å². The molecular weight excluding hydrogens is 532 g/mol. The SMILES string of the molecule is C[C@@H]1CC(F)(F)[C@H](C)N2CN1n1cc(C(=O)NCc3ccc(F)cc3F)c(=O)c(OCc3ccccc3)c1C2=O. The number of pyridine rings is 1. The molecule has 0 spiro atoms. The van der Waals surface area contributed by atoms with Gasteiger partial charge in [0.1, 0.15) is 30.5 Å². The molecule has 2 atom stereocenters. The van der Waals surface area contributed by atoms with Gasteiger partial charge >= 0.3 is 0 Å². The van der Waals surface area contributed by atoms with Crippen molar-refractivity contribution in [2.45, 2.75) is 51.4 Å². The van der Waals surface area contributed by atoms with Crippen LogP contribution >= 0.6 is 0 Å². The van der Waals surface area contributed by atoms with Crippen LogP contribution < -0.4 is 20.5 Å². The van der Waals surface area contributed by atoms with Crippen molar-refractivity contribution in [2.24, 2.45) is 0 Å². The van der Waals surface area contributed by atoms with Crippen molar-refractivity contribution in [3.05, 3.63) is 99.0 Å². The second-order valence-electron chi connectivity index (χ2n) is 9.93. The van der Waals surface area contributed by atoms with Crippen molar-refractivity contribution in [3.63, 3.8) is 0 Å². The summed E-state index contributed by atoms with van der Waals surface area (Å²) in [6.45, 7) is 2.12. The van der Waals surface area contributed by atoms with Crippen LogP contribution in [0.25, 0.3) is 0 Å². The molecule has 1 aromatic heterocycles. The molecule has 0 saturated carbocycles. The largest absolute Gasteiger partial charge is 0.482 e. The summed E-state index contributed by atoms with van der Waals surface area (Å²) in [7, 11) is 0. The highest BCUT2D eigenvalue weighted by Gasteiger charge is 2.51. The van der Waals surface area contributed by atoms with Crippen LogP contribution in [0.15, 0.2) is 59.5 Å². The molecule has 2 aliphatic heterocycles. The smallest absolute Gasteiger partial charge is 0.278 e. The van der Waals surface area contributed by atoms with E-state index in [1.54, 1.807) is 37.3 Å². The lowest BCUT2D eigenvalue weighted by molar-refractivity contribution is -0.0653. The van der Waals surface area contributed by atoms with Gasteiger partial charge in [0.25, 0.3) is 17.7 Å². The molecule has 210 valence electrons. The van der Waals surface area contributed by atoms with Crippen molar-refractivity contribution in [1.82, 2.24) is 14.9 Å². The van der Waals surface area contributed by atoms with Gasteiger partial charge in [0.15, 0.2) is 11.4 Å². The topological polar surface area (TPSA) is 83.9 Å². The first kappa shape index (κ1) is 27.2. The van der Waals surface area contributed by atoms with Gasteiger partial charge in [-0.3, -0.25) is 24.1 Å². The normalized spacial score (nSPS) is 19.6. The number of nitrogens with one attached hydrogen (secondary N) is 1. The zero-order chi connectivity index (χ0) is 28.8. The van der Waals surface area contributed by atoms with Gasteiger partial charge < -0.3 is 15.0 Å². The van der Waals surface area contributed by atoms with Gasteiger partial charge in [0.05, 0.1) is 12.1 Å². The minimum Gasteiger partial charge on any atom is -0.482 e.